The average Bonchev–Trinajstić information content (AvgIpc) is 3.36. The third-order valence-electron chi connectivity index (χ3n) is 6.08. The molecule has 2 aromatic heterocycles. The smallest absolute Gasteiger partial charge is 0.322 e. The highest BCUT2D eigenvalue weighted by molar-refractivity contribution is 7.98. The highest BCUT2D eigenvalue weighted by Crippen LogP contribution is 2.36. The van der Waals surface area contributed by atoms with Crippen molar-refractivity contribution in [3.63, 3.8) is 0 Å². The summed E-state index contributed by atoms with van der Waals surface area (Å²) in [6.45, 7) is -0.415. The van der Waals surface area contributed by atoms with Crippen molar-refractivity contribution in [2.24, 2.45) is 0 Å². The van der Waals surface area contributed by atoms with Gasteiger partial charge < -0.3 is 20.1 Å². The van der Waals surface area contributed by atoms with Crippen LogP contribution in [-0.2, 0) is 22.8 Å². The molecule has 1 aliphatic rings. The zero-order valence-electron chi connectivity index (χ0n) is 18.6. The maximum absolute atomic E-state index is 13.3. The number of H-pyrrole nitrogens is 1. The fourth-order valence-corrected chi connectivity index (χ4v) is 5.50. The van der Waals surface area contributed by atoms with Crippen LogP contribution < -0.4 is 15.9 Å². The average molecular weight is 489 g/mol. The van der Waals surface area contributed by atoms with Gasteiger partial charge in [-0.25, -0.2) is 4.98 Å². The summed E-state index contributed by atoms with van der Waals surface area (Å²) < 4.78 is 1.51. The number of nitrogens with zero attached hydrogens (tertiary/aromatic N) is 1. The molecular formula is C26H22N3O5S+. The molecule has 3 heterocycles. The lowest BCUT2D eigenvalue weighted by Gasteiger charge is -2.16. The van der Waals surface area contributed by atoms with Crippen molar-refractivity contribution in [1.82, 2.24) is 9.88 Å². The number of hydrogen-bond acceptors (Lipinski definition) is 5. The van der Waals surface area contributed by atoms with Gasteiger partial charge >= 0.3 is 5.97 Å². The van der Waals surface area contributed by atoms with E-state index in [4.69, 9.17) is 5.11 Å². The number of aromatic hydroxyl groups is 1. The van der Waals surface area contributed by atoms with E-state index < -0.39 is 29.5 Å². The minimum atomic E-state index is -1.24. The number of nitrogens with one attached hydrogen (secondary N) is 2. The highest BCUT2D eigenvalue weighted by Gasteiger charge is 2.28. The molecular weight excluding hydrogens is 466 g/mol. The number of amides is 1. The van der Waals surface area contributed by atoms with Gasteiger partial charge in [0, 0.05) is 34.9 Å². The lowest BCUT2D eigenvalue weighted by molar-refractivity contribution is -0.344. The van der Waals surface area contributed by atoms with Gasteiger partial charge in [-0.3, -0.25) is 14.4 Å². The predicted octanol–water partition coefficient (Wildman–Crippen LogP) is 2.80. The van der Waals surface area contributed by atoms with Crippen LogP contribution in [0.1, 0.15) is 27.2 Å². The molecule has 176 valence electrons. The SMILES string of the molecule is O=C(O)CNC(=O)c1c(O)c2c(n(Cc3ccc(-c4cccc5[nH+]cccc45)cc3)c1=O)CSC2. The number of thioether (sulfide) groups is 1. The first-order chi connectivity index (χ1) is 16.9. The Kier molecular flexibility index (Phi) is 6.00. The summed E-state index contributed by atoms with van der Waals surface area (Å²) >= 11 is 1.54. The summed E-state index contributed by atoms with van der Waals surface area (Å²) in [5.41, 5.74) is 4.18. The molecule has 1 aliphatic heterocycles. The first-order valence-electron chi connectivity index (χ1n) is 11.0. The summed E-state index contributed by atoms with van der Waals surface area (Å²) in [5, 5.41) is 22.8. The van der Waals surface area contributed by atoms with Crippen molar-refractivity contribution in [3.05, 3.63) is 93.5 Å². The first-order valence-corrected chi connectivity index (χ1v) is 12.1. The van der Waals surface area contributed by atoms with Crippen LogP contribution in [0, 0.1) is 0 Å². The van der Waals surface area contributed by atoms with Gasteiger partial charge in [0.2, 0.25) is 5.52 Å². The van der Waals surface area contributed by atoms with Crippen molar-refractivity contribution < 1.29 is 24.8 Å². The lowest BCUT2D eigenvalue weighted by atomic mass is 9.99. The second-order valence-corrected chi connectivity index (χ2v) is 9.23. The molecule has 0 saturated carbocycles. The third kappa shape index (κ3) is 4.26. The van der Waals surface area contributed by atoms with Gasteiger partial charge in [0.1, 0.15) is 17.9 Å². The zero-order valence-corrected chi connectivity index (χ0v) is 19.4. The van der Waals surface area contributed by atoms with E-state index in [0.717, 1.165) is 27.6 Å². The second-order valence-electron chi connectivity index (χ2n) is 8.24. The Bertz CT molecular complexity index is 1520. The topological polar surface area (TPSA) is 123 Å². The van der Waals surface area contributed by atoms with E-state index in [1.807, 2.05) is 48.7 Å². The molecule has 0 bridgehead atoms. The molecule has 5 rings (SSSR count). The Balaban J connectivity index is 1.50. The van der Waals surface area contributed by atoms with Crippen LogP contribution in [0.15, 0.2) is 65.6 Å². The predicted molar refractivity (Wildman–Crippen MR) is 132 cm³/mol. The van der Waals surface area contributed by atoms with Crippen molar-refractivity contribution in [3.8, 4) is 16.9 Å². The van der Waals surface area contributed by atoms with Gasteiger partial charge in [-0.05, 0) is 22.8 Å². The van der Waals surface area contributed by atoms with E-state index in [-0.39, 0.29) is 12.3 Å². The van der Waals surface area contributed by atoms with Crippen LogP contribution in [0.5, 0.6) is 5.75 Å². The number of rotatable bonds is 6. The standard InChI is InChI=1S/C26H21N3O5S/c30-22(31)11-28-25(33)23-24(32)19-13-35-14-21(19)29(26(23)34)12-15-6-8-16(9-7-15)17-3-1-5-20-18(17)4-2-10-27-20/h1-10,32H,11-14H2,(H,28,33)(H,30,31)/p+1. The number of pyridine rings is 2. The minimum absolute atomic E-state index is 0.227. The quantitative estimate of drug-likeness (QED) is 0.384. The molecule has 0 spiro atoms. The van der Waals surface area contributed by atoms with Crippen molar-refractivity contribution in [2.75, 3.05) is 6.54 Å². The van der Waals surface area contributed by atoms with Gasteiger partial charge in [-0.1, -0.05) is 36.4 Å². The second kappa shape index (κ2) is 9.27. The zero-order chi connectivity index (χ0) is 24.5. The number of aromatic nitrogens is 2. The van der Waals surface area contributed by atoms with Crippen LogP contribution in [0.25, 0.3) is 22.0 Å². The van der Waals surface area contributed by atoms with Crippen LogP contribution in [-0.4, -0.2) is 33.2 Å². The Hall–Kier alpha value is -4.11. The summed E-state index contributed by atoms with van der Waals surface area (Å²) in [6.07, 6.45) is 1.89. The number of carboxylic acid groups (broad SMARTS) is 1. The van der Waals surface area contributed by atoms with Gasteiger partial charge in [-0.15, -0.1) is 0 Å². The molecule has 8 nitrogen and oxygen atoms in total. The number of fused-ring (bicyclic) bond motifs is 2. The molecule has 35 heavy (non-hydrogen) atoms. The van der Waals surface area contributed by atoms with E-state index >= 15 is 0 Å². The molecule has 9 heteroatoms. The van der Waals surface area contributed by atoms with Gasteiger partial charge in [0.25, 0.3) is 11.5 Å². The van der Waals surface area contributed by atoms with E-state index in [1.165, 1.54) is 4.57 Å². The number of hydrogen-bond donors (Lipinski definition) is 3. The molecule has 0 fully saturated rings. The number of aromatic amines is 1. The molecule has 4 aromatic rings. The van der Waals surface area contributed by atoms with Crippen molar-refractivity contribution in [1.29, 1.82) is 0 Å². The molecule has 1 amide bonds. The Morgan fingerprint density at radius 2 is 1.86 bits per heavy atom. The van der Waals surface area contributed by atoms with Crippen LogP contribution in [0.4, 0.5) is 0 Å². The number of carbonyl (C=O) groups is 2. The maximum Gasteiger partial charge on any atom is 0.322 e. The molecule has 0 radical (unpaired) electrons. The van der Waals surface area contributed by atoms with Gasteiger partial charge in [0.15, 0.2) is 6.20 Å². The molecule has 0 aliphatic carbocycles. The Labute approximate surface area is 204 Å². The summed E-state index contributed by atoms with van der Waals surface area (Å²) in [4.78, 5) is 39.9. The molecule has 4 N–H and O–H groups in total. The Morgan fingerprint density at radius 1 is 1.06 bits per heavy atom. The number of carboxylic acids is 1. The van der Waals surface area contributed by atoms with Crippen LogP contribution >= 0.6 is 11.8 Å². The first kappa shape index (κ1) is 22.7. The number of aliphatic carboxylic acids is 1. The summed E-state index contributed by atoms with van der Waals surface area (Å²) in [7, 11) is 0. The molecule has 2 aromatic carbocycles. The molecule has 0 unspecified atom stereocenters. The van der Waals surface area contributed by atoms with E-state index in [1.54, 1.807) is 11.8 Å². The van der Waals surface area contributed by atoms with E-state index in [0.29, 0.717) is 22.8 Å². The third-order valence-corrected chi connectivity index (χ3v) is 7.05. The monoisotopic (exact) mass is 488 g/mol. The largest absolute Gasteiger partial charge is 0.507 e. The van der Waals surface area contributed by atoms with Gasteiger partial charge in [-0.2, -0.15) is 11.8 Å². The highest BCUT2D eigenvalue weighted by atomic mass is 32.2. The number of benzene rings is 2. The normalized spacial score (nSPS) is 12.5. The van der Waals surface area contributed by atoms with E-state index in [2.05, 4.69) is 22.4 Å². The summed E-state index contributed by atoms with van der Waals surface area (Å²) in [6, 6.07) is 18.0. The molecule has 0 saturated heterocycles. The van der Waals surface area contributed by atoms with Crippen LogP contribution in [0.2, 0.25) is 0 Å². The summed E-state index contributed by atoms with van der Waals surface area (Å²) in [5.74, 6) is -1.49. The Morgan fingerprint density at radius 3 is 2.63 bits per heavy atom. The van der Waals surface area contributed by atoms with Gasteiger partial charge in [0.05, 0.1) is 11.9 Å². The van der Waals surface area contributed by atoms with Crippen molar-refractivity contribution in [2.45, 2.75) is 18.1 Å². The fourth-order valence-electron chi connectivity index (χ4n) is 4.37. The van der Waals surface area contributed by atoms with E-state index in [9.17, 15) is 19.5 Å². The maximum atomic E-state index is 13.3. The minimum Gasteiger partial charge on any atom is -0.507 e. The fraction of sp³-hybridized carbons (Fsp3) is 0.154. The lowest BCUT2D eigenvalue weighted by Crippen LogP contribution is -2.37. The number of carbonyl (C=O) groups excluding carboxylic acids is 1. The molecule has 0 atom stereocenters. The van der Waals surface area contributed by atoms with Crippen LogP contribution in [0.3, 0.4) is 0 Å². The van der Waals surface area contributed by atoms with Crippen molar-refractivity contribution >= 4 is 34.5 Å².